The van der Waals surface area contributed by atoms with Crippen LogP contribution in [-0.4, -0.2) is 12.5 Å². The number of hydrogen-bond donors (Lipinski definition) is 2. The quantitative estimate of drug-likeness (QED) is 0.665. The average Bonchev–Trinajstić information content (AvgIpc) is 2.46. The summed E-state index contributed by atoms with van der Waals surface area (Å²) in [5, 5.41) is 3.08. The van der Waals surface area contributed by atoms with Gasteiger partial charge in [0.2, 0.25) is 0 Å². The zero-order chi connectivity index (χ0) is 16.2. The van der Waals surface area contributed by atoms with Crippen molar-refractivity contribution < 1.29 is 4.39 Å². The molecule has 0 spiro atoms. The lowest BCUT2D eigenvalue weighted by molar-refractivity contribution is 0.537. The Bertz CT molecular complexity index is 660. The third kappa shape index (κ3) is 4.32. The zero-order valence-corrected chi connectivity index (χ0v) is 13.2. The van der Waals surface area contributed by atoms with E-state index in [-0.39, 0.29) is 11.2 Å². The van der Waals surface area contributed by atoms with Crippen LogP contribution in [-0.2, 0) is 5.41 Å². The maximum absolute atomic E-state index is 13.0. The van der Waals surface area contributed by atoms with Gasteiger partial charge in [0.15, 0.2) is 5.96 Å². The number of rotatable bonds is 4. The van der Waals surface area contributed by atoms with Crippen LogP contribution < -0.4 is 11.1 Å². The van der Waals surface area contributed by atoms with Crippen molar-refractivity contribution in [1.29, 1.82) is 0 Å². The van der Waals surface area contributed by atoms with E-state index in [0.717, 1.165) is 16.8 Å². The van der Waals surface area contributed by atoms with Gasteiger partial charge in [0.1, 0.15) is 5.82 Å². The van der Waals surface area contributed by atoms with Gasteiger partial charge < -0.3 is 11.1 Å². The maximum Gasteiger partial charge on any atom is 0.193 e. The molecule has 4 heteroatoms. The molecule has 0 aliphatic heterocycles. The van der Waals surface area contributed by atoms with E-state index >= 15 is 0 Å². The first-order valence-electron chi connectivity index (χ1n) is 7.26. The molecule has 0 radical (unpaired) electrons. The molecule has 3 nitrogen and oxygen atoms in total. The number of aryl methyl sites for hydroxylation is 1. The number of nitrogens with zero attached hydrogens (tertiary/aromatic N) is 1. The highest BCUT2D eigenvalue weighted by Gasteiger charge is 2.20. The lowest BCUT2D eigenvalue weighted by Crippen LogP contribution is -2.27. The van der Waals surface area contributed by atoms with Crippen molar-refractivity contribution in [3.63, 3.8) is 0 Å². The minimum Gasteiger partial charge on any atom is -0.370 e. The van der Waals surface area contributed by atoms with Crippen molar-refractivity contribution in [2.24, 2.45) is 10.7 Å². The molecule has 0 aromatic heterocycles. The Morgan fingerprint density at radius 3 is 2.50 bits per heavy atom. The molecule has 0 saturated heterocycles. The topological polar surface area (TPSA) is 50.4 Å². The third-order valence-corrected chi connectivity index (χ3v) is 3.56. The minimum atomic E-state index is -0.233. The summed E-state index contributed by atoms with van der Waals surface area (Å²) in [7, 11) is 0. The van der Waals surface area contributed by atoms with Gasteiger partial charge in [0.25, 0.3) is 0 Å². The van der Waals surface area contributed by atoms with E-state index in [9.17, 15) is 4.39 Å². The van der Waals surface area contributed by atoms with Gasteiger partial charge >= 0.3 is 0 Å². The normalized spacial score (nSPS) is 12.3. The summed E-state index contributed by atoms with van der Waals surface area (Å²) < 4.78 is 13.0. The molecule has 2 aromatic carbocycles. The molecule has 0 atom stereocenters. The first kappa shape index (κ1) is 16.0. The molecule has 0 heterocycles. The summed E-state index contributed by atoms with van der Waals surface area (Å²) in [5.74, 6) is 0.143. The second-order valence-corrected chi connectivity index (χ2v) is 6.09. The SMILES string of the molecule is Cc1cccc(NC(N)=NCC(C)(C)c2ccc(F)cc2)c1. The monoisotopic (exact) mass is 299 g/mol. The van der Waals surface area contributed by atoms with Crippen molar-refractivity contribution in [2.45, 2.75) is 26.2 Å². The van der Waals surface area contributed by atoms with Gasteiger partial charge in [-0.3, -0.25) is 4.99 Å². The lowest BCUT2D eigenvalue weighted by atomic mass is 9.85. The van der Waals surface area contributed by atoms with Gasteiger partial charge in [0, 0.05) is 11.1 Å². The molecule has 3 N–H and O–H groups in total. The Labute approximate surface area is 131 Å². The van der Waals surface area contributed by atoms with Crippen LogP contribution in [0, 0.1) is 12.7 Å². The lowest BCUT2D eigenvalue weighted by Gasteiger charge is -2.23. The second kappa shape index (κ2) is 6.60. The van der Waals surface area contributed by atoms with Crippen LogP contribution in [0.15, 0.2) is 53.5 Å². The van der Waals surface area contributed by atoms with E-state index in [2.05, 4.69) is 24.2 Å². The molecule has 0 fully saturated rings. The number of anilines is 1. The molecule has 2 rings (SSSR count). The maximum atomic E-state index is 13.0. The number of hydrogen-bond acceptors (Lipinski definition) is 1. The highest BCUT2D eigenvalue weighted by atomic mass is 19.1. The van der Waals surface area contributed by atoms with Crippen molar-refractivity contribution in [3.8, 4) is 0 Å². The molecule has 0 unspecified atom stereocenters. The Hall–Kier alpha value is -2.36. The average molecular weight is 299 g/mol. The largest absolute Gasteiger partial charge is 0.370 e. The summed E-state index contributed by atoms with van der Waals surface area (Å²) in [4.78, 5) is 4.41. The highest BCUT2D eigenvalue weighted by molar-refractivity contribution is 5.92. The molecular weight excluding hydrogens is 277 g/mol. The van der Waals surface area contributed by atoms with Crippen LogP contribution in [0.1, 0.15) is 25.0 Å². The van der Waals surface area contributed by atoms with E-state index in [0.29, 0.717) is 12.5 Å². The number of nitrogens with two attached hydrogens (primary N) is 1. The summed E-state index contributed by atoms with van der Waals surface area (Å²) in [5.41, 5.74) is 8.83. The van der Waals surface area contributed by atoms with E-state index in [1.807, 2.05) is 31.2 Å². The molecule has 0 aliphatic carbocycles. The number of benzene rings is 2. The summed E-state index contributed by atoms with van der Waals surface area (Å²) in [6.07, 6.45) is 0. The molecule has 22 heavy (non-hydrogen) atoms. The molecule has 2 aromatic rings. The zero-order valence-electron chi connectivity index (χ0n) is 13.2. The van der Waals surface area contributed by atoms with Gasteiger partial charge in [-0.2, -0.15) is 0 Å². The van der Waals surface area contributed by atoms with Gasteiger partial charge in [-0.05, 0) is 42.3 Å². The second-order valence-electron chi connectivity index (χ2n) is 6.09. The summed E-state index contributed by atoms with van der Waals surface area (Å²) in [6, 6.07) is 14.5. The Kier molecular flexibility index (Phi) is 4.81. The van der Waals surface area contributed by atoms with Crippen LogP contribution in [0.2, 0.25) is 0 Å². The Balaban J connectivity index is 2.04. The summed E-state index contributed by atoms with van der Waals surface area (Å²) in [6.45, 7) is 6.66. The fraction of sp³-hybridized carbons (Fsp3) is 0.278. The first-order chi connectivity index (χ1) is 10.4. The van der Waals surface area contributed by atoms with Crippen LogP contribution in [0.25, 0.3) is 0 Å². The number of aliphatic imine (C=N–C) groups is 1. The van der Waals surface area contributed by atoms with E-state index in [4.69, 9.17) is 5.73 Å². The molecule has 0 amide bonds. The van der Waals surface area contributed by atoms with Crippen LogP contribution in [0.5, 0.6) is 0 Å². The summed E-state index contributed by atoms with van der Waals surface area (Å²) >= 11 is 0. The molecule has 0 aliphatic rings. The predicted octanol–water partition coefficient (Wildman–Crippen LogP) is 3.84. The van der Waals surface area contributed by atoms with Crippen molar-refractivity contribution in [1.82, 2.24) is 0 Å². The van der Waals surface area contributed by atoms with Crippen LogP contribution in [0.3, 0.4) is 0 Å². The third-order valence-electron chi connectivity index (χ3n) is 3.56. The minimum absolute atomic E-state index is 0.216. The van der Waals surface area contributed by atoms with Crippen molar-refractivity contribution >= 4 is 11.6 Å². The molecular formula is C18H22FN3. The van der Waals surface area contributed by atoms with Crippen molar-refractivity contribution in [2.75, 3.05) is 11.9 Å². The first-order valence-corrected chi connectivity index (χ1v) is 7.26. The number of halogens is 1. The Morgan fingerprint density at radius 1 is 1.18 bits per heavy atom. The van der Waals surface area contributed by atoms with E-state index < -0.39 is 0 Å². The number of guanidine groups is 1. The standard InChI is InChI=1S/C18H22FN3/c1-13-5-4-6-16(11-13)22-17(20)21-12-18(2,3)14-7-9-15(19)10-8-14/h4-11H,12H2,1-3H3,(H3,20,21,22). The van der Waals surface area contributed by atoms with Gasteiger partial charge in [-0.1, -0.05) is 38.1 Å². The fourth-order valence-corrected chi connectivity index (χ4v) is 2.19. The predicted molar refractivity (Wildman–Crippen MR) is 90.7 cm³/mol. The van der Waals surface area contributed by atoms with E-state index in [1.54, 1.807) is 12.1 Å². The Morgan fingerprint density at radius 2 is 1.86 bits per heavy atom. The number of nitrogens with one attached hydrogen (secondary N) is 1. The van der Waals surface area contributed by atoms with Gasteiger partial charge in [-0.15, -0.1) is 0 Å². The van der Waals surface area contributed by atoms with E-state index in [1.165, 1.54) is 12.1 Å². The molecule has 0 saturated carbocycles. The van der Waals surface area contributed by atoms with Crippen LogP contribution >= 0.6 is 0 Å². The van der Waals surface area contributed by atoms with Gasteiger partial charge in [-0.25, -0.2) is 4.39 Å². The molecule has 116 valence electrons. The smallest absolute Gasteiger partial charge is 0.193 e. The molecule has 0 bridgehead atoms. The fourth-order valence-electron chi connectivity index (χ4n) is 2.19. The van der Waals surface area contributed by atoms with Gasteiger partial charge in [0.05, 0.1) is 6.54 Å². The van der Waals surface area contributed by atoms with Crippen LogP contribution in [0.4, 0.5) is 10.1 Å². The van der Waals surface area contributed by atoms with Crippen molar-refractivity contribution in [3.05, 3.63) is 65.5 Å². The highest BCUT2D eigenvalue weighted by Crippen LogP contribution is 2.23.